The largest absolute Gasteiger partial charge is 0.512 e. The first-order valence-electron chi connectivity index (χ1n) is 7.67. The summed E-state index contributed by atoms with van der Waals surface area (Å²) in [4.78, 5) is 1.03. The van der Waals surface area contributed by atoms with Gasteiger partial charge in [0.15, 0.2) is 0 Å². The lowest BCUT2D eigenvalue weighted by Gasteiger charge is -2.18. The van der Waals surface area contributed by atoms with Crippen LogP contribution < -0.4 is 5.73 Å². The Balaban J connectivity index is 1.90. The number of aliphatic hydroxyl groups excluding tert-OH is 1. The lowest BCUT2D eigenvalue weighted by molar-refractivity contribution is 0.384. The summed E-state index contributed by atoms with van der Waals surface area (Å²) in [5.74, 6) is 0.398. The van der Waals surface area contributed by atoms with E-state index in [-0.39, 0.29) is 5.25 Å². The minimum Gasteiger partial charge on any atom is -0.512 e. The number of nitrogens with two attached hydrogens (primary N) is 1. The average molecular weight is 400 g/mol. The molecule has 1 atom stereocenters. The monoisotopic (exact) mass is 399 g/mol. The van der Waals surface area contributed by atoms with Crippen molar-refractivity contribution in [3.63, 3.8) is 0 Å². The fourth-order valence-electron chi connectivity index (χ4n) is 2.51. The normalized spacial score (nSPS) is 14.1. The van der Waals surface area contributed by atoms with Gasteiger partial charge in [0.1, 0.15) is 5.76 Å². The summed E-state index contributed by atoms with van der Waals surface area (Å²) in [5, 5.41) is 10.6. The molecule has 2 nitrogen and oxygen atoms in total. The SMILES string of the molecule is Nc1ccccc1SC(CC(O)=C1C=CC=C1)c1ccc(Br)cc1. The summed E-state index contributed by atoms with van der Waals surface area (Å²) in [7, 11) is 0. The third kappa shape index (κ3) is 4.13. The van der Waals surface area contributed by atoms with E-state index in [1.54, 1.807) is 11.8 Å². The fourth-order valence-corrected chi connectivity index (χ4v) is 3.97. The van der Waals surface area contributed by atoms with Crippen molar-refractivity contribution >= 4 is 33.4 Å². The lowest BCUT2D eigenvalue weighted by atomic mass is 10.1. The van der Waals surface area contributed by atoms with Crippen LogP contribution in [0.1, 0.15) is 17.2 Å². The molecule has 4 heteroatoms. The number of benzene rings is 2. The maximum atomic E-state index is 10.5. The van der Waals surface area contributed by atoms with Crippen LogP contribution in [0.15, 0.2) is 93.5 Å². The quantitative estimate of drug-likeness (QED) is 0.357. The number of anilines is 1. The first-order valence-corrected chi connectivity index (χ1v) is 9.34. The van der Waals surface area contributed by atoms with Crippen molar-refractivity contribution in [1.29, 1.82) is 0 Å². The molecule has 0 saturated carbocycles. The Morgan fingerprint density at radius 3 is 2.38 bits per heavy atom. The van der Waals surface area contributed by atoms with E-state index >= 15 is 0 Å². The number of hydrogen-bond acceptors (Lipinski definition) is 3. The maximum Gasteiger partial charge on any atom is 0.101 e. The molecule has 0 amide bonds. The van der Waals surface area contributed by atoms with Gasteiger partial charge < -0.3 is 10.8 Å². The molecule has 0 aliphatic heterocycles. The molecule has 0 radical (unpaired) electrons. The van der Waals surface area contributed by atoms with Crippen LogP contribution in [0.5, 0.6) is 0 Å². The number of nitrogen functional groups attached to an aromatic ring is 1. The molecule has 1 aliphatic carbocycles. The third-order valence-corrected chi connectivity index (χ3v) is 5.68. The highest BCUT2D eigenvalue weighted by atomic mass is 79.9. The highest BCUT2D eigenvalue weighted by Crippen LogP contribution is 2.42. The lowest BCUT2D eigenvalue weighted by Crippen LogP contribution is -1.99. The third-order valence-electron chi connectivity index (χ3n) is 3.80. The maximum absolute atomic E-state index is 10.5. The molecule has 0 spiro atoms. The molecular weight excluding hydrogens is 382 g/mol. The van der Waals surface area contributed by atoms with Gasteiger partial charge in [0, 0.05) is 32.3 Å². The Morgan fingerprint density at radius 1 is 1.04 bits per heavy atom. The number of halogens is 1. The molecule has 3 N–H and O–H groups in total. The van der Waals surface area contributed by atoms with Crippen molar-refractivity contribution in [3.05, 3.63) is 94.2 Å². The topological polar surface area (TPSA) is 46.2 Å². The van der Waals surface area contributed by atoms with Crippen LogP contribution in [-0.4, -0.2) is 5.11 Å². The standard InChI is InChI=1S/C20H18BrNOS/c21-16-11-9-15(10-12-16)20(13-18(23)14-5-1-2-6-14)24-19-8-4-3-7-17(19)22/h1-12,20,23H,13,22H2. The summed E-state index contributed by atoms with van der Waals surface area (Å²) in [6, 6.07) is 16.1. The van der Waals surface area contributed by atoms with Gasteiger partial charge in [-0.1, -0.05) is 64.5 Å². The van der Waals surface area contributed by atoms with Gasteiger partial charge >= 0.3 is 0 Å². The molecule has 122 valence electrons. The van der Waals surface area contributed by atoms with Gasteiger partial charge in [0.05, 0.1) is 0 Å². The zero-order valence-corrected chi connectivity index (χ0v) is 15.4. The molecule has 2 aromatic rings. The van der Waals surface area contributed by atoms with Gasteiger partial charge in [0.25, 0.3) is 0 Å². The van der Waals surface area contributed by atoms with Crippen LogP contribution in [0.4, 0.5) is 5.69 Å². The minimum atomic E-state index is 0.0812. The van der Waals surface area contributed by atoms with Gasteiger partial charge in [0.2, 0.25) is 0 Å². The van der Waals surface area contributed by atoms with Gasteiger partial charge in [-0.25, -0.2) is 0 Å². The van der Waals surface area contributed by atoms with Crippen LogP contribution in [-0.2, 0) is 0 Å². The van der Waals surface area contributed by atoms with Crippen LogP contribution in [0.25, 0.3) is 0 Å². The molecule has 24 heavy (non-hydrogen) atoms. The predicted molar refractivity (Wildman–Crippen MR) is 106 cm³/mol. The highest BCUT2D eigenvalue weighted by Gasteiger charge is 2.18. The number of allylic oxidation sites excluding steroid dienone is 6. The van der Waals surface area contributed by atoms with E-state index in [0.717, 1.165) is 26.2 Å². The summed E-state index contributed by atoms with van der Waals surface area (Å²) < 4.78 is 1.04. The van der Waals surface area contributed by atoms with Crippen molar-refractivity contribution in [3.8, 4) is 0 Å². The Morgan fingerprint density at radius 2 is 1.71 bits per heavy atom. The van der Waals surface area contributed by atoms with Crippen LogP contribution in [0.3, 0.4) is 0 Å². The van der Waals surface area contributed by atoms with E-state index in [1.807, 2.05) is 60.7 Å². The minimum absolute atomic E-state index is 0.0812. The van der Waals surface area contributed by atoms with Gasteiger partial charge in [-0.15, -0.1) is 11.8 Å². The van der Waals surface area contributed by atoms with E-state index in [4.69, 9.17) is 5.73 Å². The van der Waals surface area contributed by atoms with Crippen LogP contribution in [0, 0.1) is 0 Å². The second-order valence-corrected chi connectivity index (χ2v) is 7.68. The van der Waals surface area contributed by atoms with Crippen LogP contribution >= 0.6 is 27.7 Å². The molecule has 0 saturated heterocycles. The van der Waals surface area contributed by atoms with E-state index in [1.165, 1.54) is 0 Å². The van der Waals surface area contributed by atoms with Crippen molar-refractivity contribution in [2.24, 2.45) is 0 Å². The van der Waals surface area contributed by atoms with Gasteiger partial charge in [-0.2, -0.15) is 0 Å². The van der Waals surface area contributed by atoms with Crippen molar-refractivity contribution in [1.82, 2.24) is 0 Å². The summed E-state index contributed by atoms with van der Waals surface area (Å²) in [5.41, 5.74) is 8.89. The first-order chi connectivity index (χ1) is 11.6. The molecule has 3 rings (SSSR count). The highest BCUT2D eigenvalue weighted by molar-refractivity contribution is 9.10. The van der Waals surface area contributed by atoms with E-state index < -0.39 is 0 Å². The summed E-state index contributed by atoms with van der Waals surface area (Å²) in [6.45, 7) is 0. The van der Waals surface area contributed by atoms with Crippen molar-refractivity contribution in [2.75, 3.05) is 5.73 Å². The number of hydrogen-bond donors (Lipinski definition) is 2. The molecular formula is C20H18BrNOS. The zero-order chi connectivity index (χ0) is 16.9. The predicted octanol–water partition coefficient (Wildman–Crippen LogP) is 6.19. The van der Waals surface area contributed by atoms with E-state index in [0.29, 0.717) is 12.2 Å². The number of rotatable bonds is 5. The molecule has 1 unspecified atom stereocenters. The van der Waals surface area contributed by atoms with Gasteiger partial charge in [-0.3, -0.25) is 0 Å². The smallest absolute Gasteiger partial charge is 0.101 e. The molecule has 2 aromatic carbocycles. The Kier molecular flexibility index (Phi) is 5.48. The van der Waals surface area contributed by atoms with Crippen molar-refractivity contribution < 1.29 is 5.11 Å². The Hall–Kier alpha value is -1.91. The molecule has 0 heterocycles. The second kappa shape index (κ2) is 7.77. The summed E-state index contributed by atoms with van der Waals surface area (Å²) >= 11 is 5.15. The average Bonchev–Trinajstić information content (AvgIpc) is 3.11. The Labute approximate surface area is 154 Å². The molecule has 0 fully saturated rings. The fraction of sp³-hybridized carbons (Fsp3) is 0.100. The molecule has 0 bridgehead atoms. The number of para-hydroxylation sites is 1. The summed E-state index contributed by atoms with van der Waals surface area (Å²) in [6.07, 6.45) is 8.26. The van der Waals surface area contributed by atoms with Crippen molar-refractivity contribution in [2.45, 2.75) is 16.6 Å². The van der Waals surface area contributed by atoms with Gasteiger partial charge in [-0.05, 0) is 29.8 Å². The second-order valence-electron chi connectivity index (χ2n) is 5.52. The first kappa shape index (κ1) is 16.9. The Bertz CT molecular complexity index is 795. The van der Waals surface area contributed by atoms with Crippen LogP contribution in [0.2, 0.25) is 0 Å². The number of thioether (sulfide) groups is 1. The molecule has 0 aromatic heterocycles. The number of aliphatic hydroxyl groups is 1. The van der Waals surface area contributed by atoms with E-state index in [2.05, 4.69) is 28.1 Å². The van der Waals surface area contributed by atoms with E-state index in [9.17, 15) is 5.11 Å². The molecule has 1 aliphatic rings. The zero-order valence-electron chi connectivity index (χ0n) is 13.0.